The van der Waals surface area contributed by atoms with E-state index >= 15 is 0 Å². The average molecular weight is 432 g/mol. The summed E-state index contributed by atoms with van der Waals surface area (Å²) in [5, 5.41) is 2.71. The van der Waals surface area contributed by atoms with Gasteiger partial charge in [-0.05, 0) is 53.3 Å². The minimum atomic E-state index is -4.76. The maximum Gasteiger partial charge on any atom is 0.573 e. The van der Waals surface area contributed by atoms with Crippen molar-refractivity contribution in [3.8, 4) is 16.9 Å². The summed E-state index contributed by atoms with van der Waals surface area (Å²) in [6, 6.07) is 7.46. The summed E-state index contributed by atoms with van der Waals surface area (Å²) in [7, 11) is 3.18. The molecular weight excluding hydrogens is 409 g/mol. The first-order chi connectivity index (χ1) is 14.7. The number of carbonyl (C=O) groups excluding carboxylic acids is 1. The van der Waals surface area contributed by atoms with Gasteiger partial charge in [-0.1, -0.05) is 31.7 Å². The highest BCUT2D eigenvalue weighted by atomic mass is 19.4. The maximum atomic E-state index is 12.5. The molecule has 0 aromatic heterocycles. The van der Waals surface area contributed by atoms with Crippen molar-refractivity contribution in [1.29, 1.82) is 0 Å². The molecule has 1 heterocycles. The van der Waals surface area contributed by atoms with Crippen molar-refractivity contribution in [2.75, 3.05) is 24.4 Å². The Hall–Kier alpha value is -3.42. The van der Waals surface area contributed by atoms with Gasteiger partial charge in [-0.2, -0.15) is 0 Å². The highest BCUT2D eigenvalue weighted by Crippen LogP contribution is 2.43. The number of alkyl halides is 3. The predicted octanol–water partition coefficient (Wildman–Crippen LogP) is 6.36. The molecule has 31 heavy (non-hydrogen) atoms. The molecular formula is C23H23F3N2O3. The van der Waals surface area contributed by atoms with Gasteiger partial charge >= 0.3 is 12.5 Å². The number of benzene rings is 2. The molecule has 8 heteroatoms. The van der Waals surface area contributed by atoms with Crippen molar-refractivity contribution in [2.45, 2.75) is 26.1 Å². The molecule has 0 aliphatic carbocycles. The fourth-order valence-electron chi connectivity index (χ4n) is 3.70. The van der Waals surface area contributed by atoms with Crippen molar-refractivity contribution in [1.82, 2.24) is 0 Å². The van der Waals surface area contributed by atoms with E-state index in [4.69, 9.17) is 4.74 Å². The molecule has 5 nitrogen and oxygen atoms in total. The van der Waals surface area contributed by atoms with E-state index in [-0.39, 0.29) is 5.75 Å². The van der Waals surface area contributed by atoms with Crippen LogP contribution in [-0.2, 0) is 11.2 Å². The van der Waals surface area contributed by atoms with Gasteiger partial charge in [0.1, 0.15) is 5.75 Å². The molecule has 0 radical (unpaired) electrons. The van der Waals surface area contributed by atoms with Gasteiger partial charge in [-0.25, -0.2) is 4.79 Å². The zero-order chi connectivity index (χ0) is 22.8. The van der Waals surface area contributed by atoms with Gasteiger partial charge in [-0.3, -0.25) is 5.32 Å². The van der Waals surface area contributed by atoms with E-state index in [9.17, 15) is 18.0 Å². The maximum absolute atomic E-state index is 12.5. The number of anilines is 2. The Morgan fingerprint density at radius 2 is 1.97 bits per heavy atom. The third-order valence-corrected chi connectivity index (χ3v) is 5.06. The van der Waals surface area contributed by atoms with Gasteiger partial charge in [0.15, 0.2) is 0 Å². The monoisotopic (exact) mass is 432 g/mol. The molecule has 0 bridgehead atoms. The predicted molar refractivity (Wildman–Crippen MR) is 115 cm³/mol. The molecule has 1 aliphatic rings. The lowest BCUT2D eigenvalue weighted by Crippen LogP contribution is -2.21. The Morgan fingerprint density at radius 3 is 2.52 bits per heavy atom. The summed E-state index contributed by atoms with van der Waals surface area (Å²) in [6.07, 6.45) is -0.158. The van der Waals surface area contributed by atoms with Crippen LogP contribution in [0.15, 0.2) is 48.7 Å². The summed E-state index contributed by atoms with van der Waals surface area (Å²) in [5.74, 6) is -0.299. The third kappa shape index (κ3) is 4.84. The average Bonchev–Trinajstić information content (AvgIpc) is 2.72. The van der Waals surface area contributed by atoms with Crippen LogP contribution in [0.25, 0.3) is 17.2 Å². The van der Waals surface area contributed by atoms with Crippen LogP contribution in [0.1, 0.15) is 24.5 Å². The molecule has 1 N–H and O–H groups in total. The summed E-state index contributed by atoms with van der Waals surface area (Å²) >= 11 is 0. The fourth-order valence-corrected chi connectivity index (χ4v) is 3.70. The van der Waals surface area contributed by atoms with E-state index in [0.29, 0.717) is 17.7 Å². The van der Waals surface area contributed by atoms with Crippen molar-refractivity contribution >= 4 is 23.5 Å². The molecule has 0 fully saturated rings. The summed E-state index contributed by atoms with van der Waals surface area (Å²) < 4.78 is 46.2. The number of halogens is 3. The Morgan fingerprint density at radius 1 is 1.29 bits per heavy atom. The van der Waals surface area contributed by atoms with Crippen LogP contribution in [0.3, 0.4) is 0 Å². The van der Waals surface area contributed by atoms with Crippen LogP contribution < -0.4 is 15.0 Å². The lowest BCUT2D eigenvalue weighted by atomic mass is 9.87. The minimum Gasteiger partial charge on any atom is -0.453 e. The van der Waals surface area contributed by atoms with Gasteiger partial charge in [0.2, 0.25) is 0 Å². The van der Waals surface area contributed by atoms with E-state index in [0.717, 1.165) is 28.8 Å². The number of nitrogens with zero attached hydrogens (tertiary/aromatic N) is 1. The second-order valence-corrected chi connectivity index (χ2v) is 7.03. The first-order valence-electron chi connectivity index (χ1n) is 9.62. The van der Waals surface area contributed by atoms with Crippen molar-refractivity contribution < 1.29 is 27.4 Å². The molecule has 1 aliphatic heterocycles. The molecule has 0 unspecified atom stereocenters. The number of rotatable bonds is 5. The molecule has 3 rings (SSSR count). The van der Waals surface area contributed by atoms with Crippen LogP contribution in [-0.4, -0.2) is 26.6 Å². The molecule has 2 aromatic rings. The largest absolute Gasteiger partial charge is 0.573 e. The van der Waals surface area contributed by atoms with Crippen LogP contribution in [0, 0.1) is 0 Å². The minimum absolute atomic E-state index is 0.299. The third-order valence-electron chi connectivity index (χ3n) is 5.06. The van der Waals surface area contributed by atoms with Crippen LogP contribution in [0.2, 0.25) is 0 Å². The zero-order valence-corrected chi connectivity index (χ0v) is 17.5. The summed E-state index contributed by atoms with van der Waals surface area (Å²) in [6.45, 7) is 5.96. The van der Waals surface area contributed by atoms with Gasteiger partial charge in [0.25, 0.3) is 0 Å². The topological polar surface area (TPSA) is 50.8 Å². The van der Waals surface area contributed by atoms with Gasteiger partial charge in [0.05, 0.1) is 18.5 Å². The first-order valence-corrected chi connectivity index (χ1v) is 9.62. The van der Waals surface area contributed by atoms with Gasteiger partial charge in [0, 0.05) is 18.8 Å². The van der Waals surface area contributed by atoms with E-state index < -0.39 is 12.5 Å². The number of allylic oxidation sites excluding steroid dienone is 1. The summed E-state index contributed by atoms with van der Waals surface area (Å²) in [5.41, 5.74) is 5.78. The number of methoxy groups -OCH3 is 1. The molecule has 164 valence electrons. The molecule has 2 aromatic carbocycles. The molecule has 0 atom stereocenters. The number of hydrogen-bond acceptors (Lipinski definition) is 4. The van der Waals surface area contributed by atoms with Crippen molar-refractivity contribution in [3.63, 3.8) is 0 Å². The van der Waals surface area contributed by atoms with Crippen molar-refractivity contribution in [3.05, 3.63) is 59.8 Å². The first kappa shape index (κ1) is 22.3. The Balaban J connectivity index is 2.17. The zero-order valence-electron chi connectivity index (χ0n) is 17.5. The SMILES string of the molecule is C=Cc1c(NC(=O)OC)cc(-c2ccc(OC(F)(F)F)cc2)c2c1N(C)C=C(CC)C2. The van der Waals surface area contributed by atoms with Crippen LogP contribution >= 0.6 is 0 Å². The number of ether oxygens (including phenoxy) is 2. The summed E-state index contributed by atoms with van der Waals surface area (Å²) in [4.78, 5) is 13.9. The van der Waals surface area contributed by atoms with E-state index in [2.05, 4.69) is 23.6 Å². The number of amides is 1. The van der Waals surface area contributed by atoms with Crippen LogP contribution in [0.4, 0.5) is 29.3 Å². The Bertz CT molecular complexity index is 1030. The number of carbonyl (C=O) groups is 1. The van der Waals surface area contributed by atoms with Crippen molar-refractivity contribution in [2.24, 2.45) is 0 Å². The molecule has 1 amide bonds. The fraction of sp³-hybridized carbons (Fsp3) is 0.261. The smallest absolute Gasteiger partial charge is 0.453 e. The second-order valence-electron chi connectivity index (χ2n) is 7.03. The lowest BCUT2D eigenvalue weighted by Gasteiger charge is -2.31. The van der Waals surface area contributed by atoms with E-state index in [1.807, 2.05) is 18.1 Å². The molecule has 0 spiro atoms. The van der Waals surface area contributed by atoms with Gasteiger partial charge in [-0.15, -0.1) is 13.2 Å². The number of nitrogens with one attached hydrogen (secondary N) is 1. The normalized spacial score (nSPS) is 13.2. The Labute approximate surface area is 178 Å². The highest BCUT2D eigenvalue weighted by molar-refractivity contribution is 5.96. The lowest BCUT2D eigenvalue weighted by molar-refractivity contribution is -0.274. The van der Waals surface area contributed by atoms with E-state index in [1.54, 1.807) is 24.3 Å². The van der Waals surface area contributed by atoms with Gasteiger partial charge < -0.3 is 14.4 Å². The quantitative estimate of drug-likeness (QED) is 0.597. The number of hydrogen-bond donors (Lipinski definition) is 1. The molecule has 0 saturated carbocycles. The highest BCUT2D eigenvalue weighted by Gasteiger charge is 2.31. The van der Waals surface area contributed by atoms with E-state index in [1.165, 1.54) is 24.8 Å². The molecule has 0 saturated heterocycles. The Kier molecular flexibility index (Phi) is 6.29. The number of fused-ring (bicyclic) bond motifs is 1. The second kappa shape index (κ2) is 8.75. The van der Waals surface area contributed by atoms with Crippen LogP contribution in [0.5, 0.6) is 5.75 Å². The standard InChI is InChI=1S/C23H23F3N2O3/c1-5-14-11-19-18(15-7-9-16(10-8-15)31-23(24,25)26)12-20(27-22(29)30-4)17(6-2)21(19)28(3)13-14/h6-10,12-13H,2,5,11H2,1,3-4H3,(H,27,29).